The first kappa shape index (κ1) is 12.4. The quantitative estimate of drug-likeness (QED) is 0.750. The van der Waals surface area contributed by atoms with Gasteiger partial charge in [-0.05, 0) is 59.2 Å². The summed E-state index contributed by atoms with van der Waals surface area (Å²) in [5, 5.41) is 0. The average molecular weight is 338 g/mol. The molecule has 2 rings (SSSR count). The molecule has 0 spiro atoms. The lowest BCUT2D eigenvalue weighted by molar-refractivity contribution is 0.303. The Balaban J connectivity index is 2.14. The van der Waals surface area contributed by atoms with Gasteiger partial charge in [0.25, 0.3) is 0 Å². The van der Waals surface area contributed by atoms with Crippen LogP contribution in [0.5, 0.6) is 5.75 Å². The molecule has 2 aromatic rings. The number of rotatable bonds is 3. The second-order valence-corrected chi connectivity index (χ2v) is 5.25. The molecule has 0 saturated heterocycles. The lowest BCUT2D eigenvalue weighted by Crippen LogP contribution is -1.98. The van der Waals surface area contributed by atoms with E-state index < -0.39 is 0 Å². The van der Waals surface area contributed by atoms with Crippen molar-refractivity contribution < 1.29 is 4.74 Å². The molecule has 0 aliphatic carbocycles. The maximum absolute atomic E-state index is 5.88. The Morgan fingerprint density at radius 1 is 1.06 bits per heavy atom. The molecule has 0 aromatic heterocycles. The Labute approximate surface area is 116 Å². The molecule has 0 saturated carbocycles. The van der Waals surface area contributed by atoms with Crippen LogP contribution in [0.1, 0.15) is 16.7 Å². The second-order valence-electron chi connectivity index (χ2n) is 4.17. The summed E-state index contributed by atoms with van der Waals surface area (Å²) in [6.07, 6.45) is 0. The summed E-state index contributed by atoms with van der Waals surface area (Å²) >= 11 is 2.34. The summed E-state index contributed by atoms with van der Waals surface area (Å²) in [6, 6.07) is 14.5. The molecular weight excluding hydrogens is 323 g/mol. The van der Waals surface area contributed by atoms with E-state index in [9.17, 15) is 0 Å². The van der Waals surface area contributed by atoms with Crippen LogP contribution in [0.25, 0.3) is 0 Å². The Bertz CT molecular complexity index is 506. The molecule has 17 heavy (non-hydrogen) atoms. The molecule has 0 aliphatic heterocycles. The molecule has 88 valence electrons. The fraction of sp³-hybridized carbons (Fsp3) is 0.200. The molecule has 2 aromatic carbocycles. The molecule has 0 aliphatic rings. The highest BCUT2D eigenvalue weighted by molar-refractivity contribution is 14.1. The number of hydrogen-bond donors (Lipinski definition) is 0. The van der Waals surface area contributed by atoms with Crippen molar-refractivity contribution >= 4 is 22.6 Å². The van der Waals surface area contributed by atoms with Gasteiger partial charge in [-0.1, -0.05) is 36.4 Å². The summed E-state index contributed by atoms with van der Waals surface area (Å²) in [6.45, 7) is 4.84. The molecule has 0 amide bonds. The minimum Gasteiger partial charge on any atom is -0.488 e. The molecule has 0 unspecified atom stereocenters. The molecular formula is C15H15IO. The van der Waals surface area contributed by atoms with Crippen LogP contribution in [-0.4, -0.2) is 0 Å². The molecule has 2 heteroatoms. The Morgan fingerprint density at radius 2 is 1.76 bits per heavy atom. The fourth-order valence-corrected chi connectivity index (χ4v) is 2.22. The third-order valence-corrected chi connectivity index (χ3v) is 3.99. The first-order valence-electron chi connectivity index (χ1n) is 5.60. The predicted octanol–water partition coefficient (Wildman–Crippen LogP) is 4.49. The molecule has 0 bridgehead atoms. The topological polar surface area (TPSA) is 9.23 Å². The number of hydrogen-bond acceptors (Lipinski definition) is 1. The van der Waals surface area contributed by atoms with Crippen LogP contribution >= 0.6 is 22.6 Å². The molecule has 0 radical (unpaired) electrons. The van der Waals surface area contributed by atoms with Crippen molar-refractivity contribution in [1.82, 2.24) is 0 Å². The molecule has 0 fully saturated rings. The number of benzene rings is 2. The van der Waals surface area contributed by atoms with Crippen molar-refractivity contribution in [3.63, 3.8) is 0 Å². The molecule has 0 atom stereocenters. The van der Waals surface area contributed by atoms with Gasteiger partial charge in [0.2, 0.25) is 0 Å². The van der Waals surface area contributed by atoms with E-state index in [1.54, 1.807) is 0 Å². The van der Waals surface area contributed by atoms with Crippen molar-refractivity contribution in [3.8, 4) is 5.75 Å². The highest BCUT2D eigenvalue weighted by Gasteiger charge is 2.05. The van der Waals surface area contributed by atoms with Gasteiger partial charge in [-0.15, -0.1) is 0 Å². The third-order valence-electron chi connectivity index (χ3n) is 2.60. The van der Waals surface area contributed by atoms with Gasteiger partial charge in [0.1, 0.15) is 12.4 Å². The zero-order valence-electron chi connectivity index (χ0n) is 10.0. The van der Waals surface area contributed by atoms with Gasteiger partial charge in [0, 0.05) is 0 Å². The van der Waals surface area contributed by atoms with Crippen molar-refractivity contribution in [3.05, 3.63) is 62.7 Å². The van der Waals surface area contributed by atoms with Crippen LogP contribution in [0.15, 0.2) is 42.5 Å². The summed E-state index contributed by atoms with van der Waals surface area (Å²) in [5.41, 5.74) is 3.71. The molecule has 1 nitrogen and oxygen atoms in total. The van der Waals surface area contributed by atoms with E-state index in [-0.39, 0.29) is 0 Å². The Morgan fingerprint density at radius 3 is 2.47 bits per heavy atom. The van der Waals surface area contributed by atoms with E-state index in [1.807, 2.05) is 18.2 Å². The van der Waals surface area contributed by atoms with Crippen LogP contribution in [0, 0.1) is 17.4 Å². The van der Waals surface area contributed by atoms with Gasteiger partial charge in [-0.2, -0.15) is 0 Å². The van der Waals surface area contributed by atoms with E-state index in [1.165, 1.54) is 20.3 Å². The largest absolute Gasteiger partial charge is 0.488 e. The highest BCUT2D eigenvalue weighted by Crippen LogP contribution is 2.26. The lowest BCUT2D eigenvalue weighted by Gasteiger charge is -2.11. The van der Waals surface area contributed by atoms with Crippen LogP contribution in [0.4, 0.5) is 0 Å². The molecule has 0 N–H and O–H groups in total. The fourth-order valence-electron chi connectivity index (χ4n) is 1.75. The van der Waals surface area contributed by atoms with Crippen LogP contribution < -0.4 is 4.74 Å². The monoisotopic (exact) mass is 338 g/mol. The van der Waals surface area contributed by atoms with E-state index in [4.69, 9.17) is 4.74 Å². The molecule has 0 heterocycles. The Kier molecular flexibility index (Phi) is 4.05. The minimum atomic E-state index is 0.625. The van der Waals surface area contributed by atoms with Crippen molar-refractivity contribution in [2.45, 2.75) is 20.5 Å². The smallest absolute Gasteiger partial charge is 0.133 e. The van der Waals surface area contributed by atoms with E-state index in [0.717, 1.165) is 5.75 Å². The van der Waals surface area contributed by atoms with Gasteiger partial charge in [-0.25, -0.2) is 0 Å². The maximum atomic E-state index is 5.88. The van der Waals surface area contributed by atoms with Crippen molar-refractivity contribution in [2.24, 2.45) is 0 Å². The van der Waals surface area contributed by atoms with E-state index in [2.05, 4.69) is 60.7 Å². The zero-order valence-corrected chi connectivity index (χ0v) is 12.2. The summed E-state index contributed by atoms with van der Waals surface area (Å²) in [7, 11) is 0. The van der Waals surface area contributed by atoms with E-state index in [0.29, 0.717) is 6.61 Å². The summed E-state index contributed by atoms with van der Waals surface area (Å²) in [5.74, 6) is 0.979. The van der Waals surface area contributed by atoms with Crippen molar-refractivity contribution in [1.29, 1.82) is 0 Å². The van der Waals surface area contributed by atoms with Gasteiger partial charge >= 0.3 is 0 Å². The van der Waals surface area contributed by atoms with Gasteiger partial charge in [-0.3, -0.25) is 0 Å². The van der Waals surface area contributed by atoms with Crippen LogP contribution in [0.2, 0.25) is 0 Å². The highest BCUT2D eigenvalue weighted by atomic mass is 127. The second kappa shape index (κ2) is 5.54. The SMILES string of the molecule is Cc1cc(C)c(I)c(OCc2ccccc2)c1. The maximum Gasteiger partial charge on any atom is 0.133 e. The lowest BCUT2D eigenvalue weighted by atomic mass is 10.1. The summed E-state index contributed by atoms with van der Waals surface area (Å²) < 4.78 is 7.08. The predicted molar refractivity (Wildman–Crippen MR) is 79.4 cm³/mol. The first-order valence-corrected chi connectivity index (χ1v) is 6.68. The summed E-state index contributed by atoms with van der Waals surface area (Å²) in [4.78, 5) is 0. The van der Waals surface area contributed by atoms with E-state index >= 15 is 0 Å². The average Bonchev–Trinajstić information content (AvgIpc) is 2.33. The van der Waals surface area contributed by atoms with Crippen LogP contribution in [-0.2, 0) is 6.61 Å². The number of aryl methyl sites for hydroxylation is 2. The standard InChI is InChI=1S/C15H15IO/c1-11-8-12(2)15(16)14(9-11)17-10-13-6-4-3-5-7-13/h3-9H,10H2,1-2H3. The minimum absolute atomic E-state index is 0.625. The first-order chi connectivity index (χ1) is 8.16. The number of ether oxygens (including phenoxy) is 1. The third kappa shape index (κ3) is 3.22. The van der Waals surface area contributed by atoms with Gasteiger partial charge in [0.15, 0.2) is 0 Å². The Hall–Kier alpha value is -1.03. The zero-order chi connectivity index (χ0) is 12.3. The van der Waals surface area contributed by atoms with Crippen molar-refractivity contribution in [2.75, 3.05) is 0 Å². The number of halogens is 1. The van der Waals surface area contributed by atoms with Gasteiger partial charge in [0.05, 0.1) is 3.57 Å². The normalized spacial score (nSPS) is 10.3. The van der Waals surface area contributed by atoms with Crippen LogP contribution in [0.3, 0.4) is 0 Å². The van der Waals surface area contributed by atoms with Gasteiger partial charge < -0.3 is 4.74 Å².